The van der Waals surface area contributed by atoms with Gasteiger partial charge in [0.2, 0.25) is 11.8 Å². The average Bonchev–Trinajstić information content (AvgIpc) is 2.96. The quantitative estimate of drug-likeness (QED) is 0.335. The molecule has 208 valence electrons. The molecule has 0 spiro atoms. The van der Waals surface area contributed by atoms with Crippen LogP contribution in [0.4, 0.5) is 5.69 Å². The van der Waals surface area contributed by atoms with Crippen LogP contribution in [0.3, 0.4) is 0 Å². The first-order valence-corrected chi connectivity index (χ1v) is 14.5. The van der Waals surface area contributed by atoms with E-state index in [4.69, 9.17) is 4.74 Å². The Balaban J connectivity index is 2.01. The number of anilines is 1. The van der Waals surface area contributed by atoms with Crippen LogP contribution in [0.15, 0.2) is 89.8 Å². The molecule has 3 rings (SSSR count). The molecule has 0 fully saturated rings. The Hall–Kier alpha value is -3.85. The Morgan fingerprint density at radius 2 is 1.46 bits per heavy atom. The van der Waals surface area contributed by atoms with Crippen molar-refractivity contribution in [1.82, 2.24) is 10.2 Å². The number of hydrogen-bond acceptors (Lipinski definition) is 5. The fourth-order valence-electron chi connectivity index (χ4n) is 4.13. The second-order valence-corrected chi connectivity index (χ2v) is 11.1. The summed E-state index contributed by atoms with van der Waals surface area (Å²) in [7, 11) is -2.50. The minimum absolute atomic E-state index is 0.0660. The van der Waals surface area contributed by atoms with Crippen LogP contribution >= 0.6 is 0 Å². The van der Waals surface area contributed by atoms with Crippen LogP contribution < -0.4 is 14.4 Å². The summed E-state index contributed by atoms with van der Waals surface area (Å²) in [5.74, 6) is -0.0893. The van der Waals surface area contributed by atoms with Crippen molar-refractivity contribution >= 4 is 27.5 Å². The minimum atomic E-state index is -4.07. The lowest BCUT2D eigenvalue weighted by Crippen LogP contribution is -2.53. The second kappa shape index (κ2) is 13.8. The van der Waals surface area contributed by atoms with E-state index in [-0.39, 0.29) is 23.4 Å². The van der Waals surface area contributed by atoms with Crippen molar-refractivity contribution in [2.24, 2.45) is 0 Å². The van der Waals surface area contributed by atoms with Crippen LogP contribution in [0, 0.1) is 0 Å². The van der Waals surface area contributed by atoms with Crippen LogP contribution in [-0.4, -0.2) is 50.9 Å². The predicted octanol–water partition coefficient (Wildman–Crippen LogP) is 4.61. The summed E-state index contributed by atoms with van der Waals surface area (Å²) in [6.07, 6.45) is 1.10. The van der Waals surface area contributed by atoms with Gasteiger partial charge in [0.1, 0.15) is 18.3 Å². The van der Waals surface area contributed by atoms with E-state index in [1.54, 1.807) is 67.8 Å². The minimum Gasteiger partial charge on any atom is -0.497 e. The van der Waals surface area contributed by atoms with Gasteiger partial charge in [-0.3, -0.25) is 13.9 Å². The number of carbonyl (C=O) groups is 2. The van der Waals surface area contributed by atoms with Gasteiger partial charge in [-0.05, 0) is 61.7 Å². The number of hydrogen-bond donors (Lipinski definition) is 1. The lowest BCUT2D eigenvalue weighted by molar-refractivity contribution is -0.140. The third kappa shape index (κ3) is 7.60. The SMILES string of the molecule is CC[C@@H](C)NC(=O)[C@H](CC)N(Cc1ccc(OC)cc1)C(=O)CN(c1ccccc1)S(=O)(=O)c1ccccc1. The molecular weight excluding hydrogens is 514 g/mol. The highest BCUT2D eigenvalue weighted by atomic mass is 32.2. The van der Waals surface area contributed by atoms with Crippen molar-refractivity contribution in [2.45, 2.75) is 57.1 Å². The van der Waals surface area contributed by atoms with Gasteiger partial charge in [0, 0.05) is 12.6 Å². The normalized spacial score (nSPS) is 12.7. The van der Waals surface area contributed by atoms with Gasteiger partial charge in [-0.1, -0.05) is 62.4 Å². The number of para-hydroxylation sites is 1. The molecule has 8 nitrogen and oxygen atoms in total. The molecule has 0 aliphatic carbocycles. The highest BCUT2D eigenvalue weighted by Gasteiger charge is 2.33. The Kier molecular flexibility index (Phi) is 10.5. The molecule has 0 saturated carbocycles. The van der Waals surface area contributed by atoms with Gasteiger partial charge >= 0.3 is 0 Å². The van der Waals surface area contributed by atoms with Crippen LogP contribution in [0.1, 0.15) is 39.2 Å². The van der Waals surface area contributed by atoms with E-state index >= 15 is 0 Å². The van der Waals surface area contributed by atoms with Crippen LogP contribution in [0.2, 0.25) is 0 Å². The third-order valence-corrected chi connectivity index (χ3v) is 8.34. The maximum absolute atomic E-state index is 14.0. The van der Waals surface area contributed by atoms with E-state index in [0.29, 0.717) is 17.9 Å². The first-order chi connectivity index (χ1) is 18.7. The number of benzene rings is 3. The van der Waals surface area contributed by atoms with E-state index in [2.05, 4.69) is 5.32 Å². The van der Waals surface area contributed by atoms with E-state index in [1.807, 2.05) is 32.9 Å². The molecule has 3 aromatic rings. The van der Waals surface area contributed by atoms with Gasteiger partial charge in [0.05, 0.1) is 17.7 Å². The molecule has 0 unspecified atom stereocenters. The van der Waals surface area contributed by atoms with E-state index in [9.17, 15) is 18.0 Å². The highest BCUT2D eigenvalue weighted by molar-refractivity contribution is 7.92. The highest BCUT2D eigenvalue weighted by Crippen LogP contribution is 2.25. The summed E-state index contributed by atoms with van der Waals surface area (Å²) in [5, 5.41) is 2.98. The molecule has 0 saturated heterocycles. The number of carbonyl (C=O) groups excluding carboxylic acids is 2. The topological polar surface area (TPSA) is 96.0 Å². The Bertz CT molecular complexity index is 1320. The summed E-state index contributed by atoms with van der Waals surface area (Å²) >= 11 is 0. The number of sulfonamides is 1. The molecule has 0 radical (unpaired) electrons. The number of amides is 2. The zero-order valence-corrected chi connectivity index (χ0v) is 23.7. The van der Waals surface area contributed by atoms with E-state index in [1.165, 1.54) is 17.0 Å². The number of methoxy groups -OCH3 is 1. The molecule has 0 aromatic heterocycles. The first kappa shape index (κ1) is 29.7. The molecule has 0 bridgehead atoms. The summed E-state index contributed by atoms with van der Waals surface area (Å²) < 4.78 is 33.8. The van der Waals surface area contributed by atoms with Crippen molar-refractivity contribution < 1.29 is 22.7 Å². The van der Waals surface area contributed by atoms with Crippen molar-refractivity contribution in [3.8, 4) is 5.75 Å². The third-order valence-electron chi connectivity index (χ3n) is 6.55. The van der Waals surface area contributed by atoms with Gasteiger partial charge in [-0.15, -0.1) is 0 Å². The molecular formula is C30H37N3O5S. The standard InChI is InChI=1S/C30H37N3O5S/c1-5-23(3)31-30(35)28(6-2)32(21-24-17-19-26(38-4)20-18-24)29(34)22-33(25-13-9-7-10-14-25)39(36,37)27-15-11-8-12-16-27/h7-20,23,28H,5-6,21-22H2,1-4H3,(H,31,35)/t23-,28+/m1/s1. The average molecular weight is 552 g/mol. The largest absolute Gasteiger partial charge is 0.497 e. The molecule has 9 heteroatoms. The van der Waals surface area contributed by atoms with Gasteiger partial charge in [0.25, 0.3) is 10.0 Å². The van der Waals surface area contributed by atoms with E-state index < -0.39 is 28.5 Å². The summed E-state index contributed by atoms with van der Waals surface area (Å²) in [5.41, 5.74) is 1.15. The lowest BCUT2D eigenvalue weighted by atomic mass is 10.1. The molecule has 0 aliphatic rings. The van der Waals surface area contributed by atoms with Crippen molar-refractivity contribution in [3.63, 3.8) is 0 Å². The smallest absolute Gasteiger partial charge is 0.264 e. The fourth-order valence-corrected chi connectivity index (χ4v) is 5.57. The molecule has 2 atom stereocenters. The Morgan fingerprint density at radius 3 is 2.00 bits per heavy atom. The summed E-state index contributed by atoms with van der Waals surface area (Å²) in [4.78, 5) is 28.8. The van der Waals surface area contributed by atoms with Crippen molar-refractivity contribution in [2.75, 3.05) is 18.0 Å². The van der Waals surface area contributed by atoms with Crippen LogP contribution in [0.25, 0.3) is 0 Å². The summed E-state index contributed by atoms with van der Waals surface area (Å²) in [6, 6.07) is 22.9. The predicted molar refractivity (Wildman–Crippen MR) is 153 cm³/mol. The van der Waals surface area contributed by atoms with Crippen LogP contribution in [-0.2, 0) is 26.2 Å². The van der Waals surface area contributed by atoms with Crippen molar-refractivity contribution in [1.29, 1.82) is 0 Å². The molecule has 2 amide bonds. The Morgan fingerprint density at radius 1 is 0.872 bits per heavy atom. The van der Waals surface area contributed by atoms with Gasteiger partial charge in [0.15, 0.2) is 0 Å². The number of nitrogens with zero attached hydrogens (tertiary/aromatic N) is 2. The van der Waals surface area contributed by atoms with Crippen LogP contribution in [0.5, 0.6) is 5.75 Å². The fraction of sp³-hybridized carbons (Fsp3) is 0.333. The zero-order valence-electron chi connectivity index (χ0n) is 22.9. The molecule has 1 N–H and O–H groups in total. The monoisotopic (exact) mass is 551 g/mol. The first-order valence-electron chi connectivity index (χ1n) is 13.1. The Labute approximate surface area is 231 Å². The lowest BCUT2D eigenvalue weighted by Gasteiger charge is -2.33. The van der Waals surface area contributed by atoms with Gasteiger partial charge in [-0.2, -0.15) is 0 Å². The maximum Gasteiger partial charge on any atom is 0.264 e. The van der Waals surface area contributed by atoms with Gasteiger partial charge in [-0.25, -0.2) is 8.42 Å². The molecule has 0 aliphatic heterocycles. The molecule has 3 aromatic carbocycles. The molecule has 0 heterocycles. The van der Waals surface area contributed by atoms with Crippen molar-refractivity contribution in [3.05, 3.63) is 90.5 Å². The van der Waals surface area contributed by atoms with E-state index in [0.717, 1.165) is 16.3 Å². The number of ether oxygens (including phenoxy) is 1. The second-order valence-electron chi connectivity index (χ2n) is 9.27. The maximum atomic E-state index is 14.0. The number of nitrogens with one attached hydrogen (secondary N) is 1. The van der Waals surface area contributed by atoms with Gasteiger partial charge < -0.3 is 15.0 Å². The number of rotatable bonds is 13. The zero-order chi connectivity index (χ0) is 28.4. The summed E-state index contributed by atoms with van der Waals surface area (Å²) in [6.45, 7) is 5.38. The molecule has 39 heavy (non-hydrogen) atoms.